The van der Waals surface area contributed by atoms with Crippen LogP contribution in [-0.2, 0) is 6.54 Å². The van der Waals surface area contributed by atoms with Gasteiger partial charge in [-0.25, -0.2) is 0 Å². The first-order valence-electron chi connectivity index (χ1n) is 7.11. The molecule has 0 amide bonds. The average molecular weight is 337 g/mol. The van der Waals surface area contributed by atoms with Crippen LogP contribution in [0.5, 0.6) is 5.75 Å². The molecule has 0 bridgehead atoms. The van der Waals surface area contributed by atoms with Crippen molar-refractivity contribution in [3.05, 3.63) is 52.0 Å². The molecule has 1 heterocycles. The van der Waals surface area contributed by atoms with Gasteiger partial charge >= 0.3 is 0 Å². The Kier molecular flexibility index (Phi) is 3.87. The second kappa shape index (κ2) is 5.56. The number of hydrogen-bond acceptors (Lipinski definition) is 3. The third-order valence-electron chi connectivity index (χ3n) is 3.66. The fourth-order valence-corrected chi connectivity index (χ4v) is 3.21. The molecule has 1 aliphatic heterocycles. The van der Waals surface area contributed by atoms with E-state index in [1.54, 1.807) is 6.07 Å². The van der Waals surface area contributed by atoms with Gasteiger partial charge in [0.05, 0.1) is 12.2 Å². The number of nitrogens with two attached hydrogens (primary N) is 1. The van der Waals surface area contributed by atoms with Gasteiger partial charge in [-0.2, -0.15) is 0 Å². The maximum atomic E-state index is 6.31. The van der Waals surface area contributed by atoms with E-state index < -0.39 is 0 Å². The number of rotatable bonds is 2. The van der Waals surface area contributed by atoms with Gasteiger partial charge in [0.2, 0.25) is 0 Å². The zero-order valence-corrected chi connectivity index (χ0v) is 14.1. The minimum absolute atomic E-state index is 0.292. The summed E-state index contributed by atoms with van der Waals surface area (Å²) in [6.07, 6.45) is 0. The Hall–Kier alpha value is -1.58. The van der Waals surface area contributed by atoms with Crippen LogP contribution in [0.15, 0.2) is 36.4 Å². The maximum absolute atomic E-state index is 6.31. The van der Waals surface area contributed by atoms with Crippen LogP contribution in [0, 0.1) is 0 Å². The smallest absolute Gasteiger partial charge is 0.145 e. The van der Waals surface area contributed by atoms with Gasteiger partial charge in [-0.05, 0) is 43.7 Å². The monoisotopic (exact) mass is 336 g/mol. The number of ether oxygens (including phenoxy) is 1. The molecular weight excluding hydrogens is 319 g/mol. The zero-order chi connectivity index (χ0) is 15.9. The summed E-state index contributed by atoms with van der Waals surface area (Å²) in [6, 6.07) is 11.3. The predicted molar refractivity (Wildman–Crippen MR) is 93.1 cm³/mol. The Morgan fingerprint density at radius 2 is 1.95 bits per heavy atom. The number of anilines is 2. The highest BCUT2D eigenvalue weighted by Gasteiger charge is 2.32. The molecule has 3 nitrogen and oxygen atoms in total. The molecular formula is C17H18Cl2N2O. The van der Waals surface area contributed by atoms with Crippen LogP contribution >= 0.6 is 23.2 Å². The van der Waals surface area contributed by atoms with Gasteiger partial charge in [0, 0.05) is 28.3 Å². The van der Waals surface area contributed by atoms with Crippen LogP contribution in [0.25, 0.3) is 0 Å². The van der Waals surface area contributed by atoms with Gasteiger partial charge in [-0.15, -0.1) is 0 Å². The average Bonchev–Trinajstić information content (AvgIpc) is 2.40. The van der Waals surface area contributed by atoms with Gasteiger partial charge in [-0.1, -0.05) is 29.3 Å². The number of fused-ring (bicyclic) bond motifs is 1. The Balaban J connectivity index is 1.96. The van der Waals surface area contributed by atoms with Crippen LogP contribution in [0.1, 0.15) is 19.4 Å². The summed E-state index contributed by atoms with van der Waals surface area (Å²) in [7, 11) is 0. The van der Waals surface area contributed by atoms with E-state index >= 15 is 0 Å². The van der Waals surface area contributed by atoms with Crippen molar-refractivity contribution in [1.82, 2.24) is 0 Å². The Labute approximate surface area is 140 Å². The lowest BCUT2D eigenvalue weighted by molar-refractivity contribution is 0.104. The van der Waals surface area contributed by atoms with Gasteiger partial charge in [0.25, 0.3) is 0 Å². The first kappa shape index (κ1) is 15.3. The normalized spacial score (nSPS) is 16.1. The summed E-state index contributed by atoms with van der Waals surface area (Å²) in [6.45, 7) is 5.59. The van der Waals surface area contributed by atoms with Crippen molar-refractivity contribution in [2.45, 2.75) is 26.0 Å². The Morgan fingerprint density at radius 1 is 1.18 bits per heavy atom. The summed E-state index contributed by atoms with van der Waals surface area (Å²) < 4.78 is 6.04. The lowest BCUT2D eigenvalue weighted by Crippen LogP contribution is -2.46. The molecule has 116 valence electrons. The summed E-state index contributed by atoms with van der Waals surface area (Å²) >= 11 is 12.3. The van der Waals surface area contributed by atoms with Crippen molar-refractivity contribution in [2.24, 2.45) is 0 Å². The van der Waals surface area contributed by atoms with Crippen LogP contribution in [0.3, 0.4) is 0 Å². The van der Waals surface area contributed by atoms with Crippen LogP contribution in [0.4, 0.5) is 11.4 Å². The highest BCUT2D eigenvalue weighted by molar-refractivity contribution is 6.35. The molecule has 0 aromatic heterocycles. The van der Waals surface area contributed by atoms with Crippen LogP contribution < -0.4 is 15.4 Å². The molecule has 0 saturated carbocycles. The summed E-state index contributed by atoms with van der Waals surface area (Å²) in [4.78, 5) is 2.26. The quantitative estimate of drug-likeness (QED) is 0.804. The van der Waals surface area contributed by atoms with Crippen molar-refractivity contribution in [1.29, 1.82) is 0 Å². The summed E-state index contributed by atoms with van der Waals surface area (Å²) in [5.41, 5.74) is 8.34. The molecule has 3 rings (SSSR count). The predicted octanol–water partition coefficient (Wildman–Crippen LogP) is 4.75. The molecule has 0 radical (unpaired) electrons. The number of hydrogen-bond donors (Lipinski definition) is 1. The molecule has 0 fully saturated rings. The molecule has 0 unspecified atom stereocenters. The second-order valence-electron chi connectivity index (χ2n) is 6.18. The van der Waals surface area contributed by atoms with Crippen molar-refractivity contribution < 1.29 is 4.74 Å². The third kappa shape index (κ3) is 3.11. The topological polar surface area (TPSA) is 38.5 Å². The summed E-state index contributed by atoms with van der Waals surface area (Å²) in [5, 5.41) is 1.32. The fourth-order valence-electron chi connectivity index (χ4n) is 2.75. The van der Waals surface area contributed by atoms with Gasteiger partial charge in [0.15, 0.2) is 0 Å². The molecule has 2 N–H and O–H groups in total. The number of benzene rings is 2. The first-order chi connectivity index (χ1) is 10.3. The molecule has 0 aliphatic carbocycles. The molecule has 2 aromatic rings. The fraction of sp³-hybridized carbons (Fsp3) is 0.294. The third-order valence-corrected chi connectivity index (χ3v) is 4.25. The van der Waals surface area contributed by atoms with Crippen molar-refractivity contribution in [3.63, 3.8) is 0 Å². The van der Waals surface area contributed by atoms with E-state index in [9.17, 15) is 0 Å². The largest absolute Gasteiger partial charge is 0.484 e. The van der Waals surface area contributed by atoms with E-state index in [0.29, 0.717) is 22.3 Å². The van der Waals surface area contributed by atoms with Gasteiger partial charge < -0.3 is 15.4 Å². The van der Waals surface area contributed by atoms with Crippen molar-refractivity contribution in [3.8, 4) is 5.75 Å². The van der Waals surface area contributed by atoms with E-state index in [2.05, 4.69) is 18.7 Å². The molecule has 1 aliphatic rings. The van der Waals surface area contributed by atoms with E-state index in [-0.39, 0.29) is 5.60 Å². The highest BCUT2D eigenvalue weighted by atomic mass is 35.5. The molecule has 0 saturated heterocycles. The number of nitrogens with zero attached hydrogens (tertiary/aromatic N) is 1. The minimum Gasteiger partial charge on any atom is -0.484 e. The van der Waals surface area contributed by atoms with E-state index in [0.717, 1.165) is 23.5 Å². The van der Waals surface area contributed by atoms with Gasteiger partial charge in [0.1, 0.15) is 11.4 Å². The molecule has 22 heavy (non-hydrogen) atoms. The number of halogens is 2. The van der Waals surface area contributed by atoms with Crippen molar-refractivity contribution in [2.75, 3.05) is 17.2 Å². The van der Waals surface area contributed by atoms with E-state index in [4.69, 9.17) is 33.7 Å². The standard InChI is InChI=1S/C17H18Cl2N2O/c1-17(2)10-21(9-11-3-4-12(18)7-14(11)19)15-6-5-13(20)8-16(15)22-17/h3-8H,9-10,20H2,1-2H3. The van der Waals surface area contributed by atoms with E-state index in [1.165, 1.54) is 0 Å². The zero-order valence-electron chi connectivity index (χ0n) is 12.6. The molecule has 0 spiro atoms. The van der Waals surface area contributed by atoms with Crippen molar-refractivity contribution >= 4 is 34.6 Å². The number of nitrogen functional groups attached to an aromatic ring is 1. The summed E-state index contributed by atoms with van der Waals surface area (Å²) in [5.74, 6) is 0.807. The highest BCUT2D eigenvalue weighted by Crippen LogP contribution is 2.39. The molecule has 5 heteroatoms. The second-order valence-corrected chi connectivity index (χ2v) is 7.02. The van der Waals surface area contributed by atoms with Crippen LogP contribution in [0.2, 0.25) is 10.0 Å². The lowest BCUT2D eigenvalue weighted by atomic mass is 10.0. The molecule has 0 atom stereocenters. The maximum Gasteiger partial charge on any atom is 0.145 e. The van der Waals surface area contributed by atoms with Crippen LogP contribution in [-0.4, -0.2) is 12.1 Å². The van der Waals surface area contributed by atoms with Gasteiger partial charge in [-0.3, -0.25) is 0 Å². The Morgan fingerprint density at radius 3 is 2.68 bits per heavy atom. The Bertz CT molecular complexity index is 716. The minimum atomic E-state index is -0.292. The SMILES string of the molecule is CC1(C)CN(Cc2ccc(Cl)cc2Cl)c2ccc(N)cc2O1. The first-order valence-corrected chi connectivity index (χ1v) is 7.87. The lowest BCUT2D eigenvalue weighted by Gasteiger charge is -2.41. The molecule has 2 aromatic carbocycles. The van der Waals surface area contributed by atoms with E-state index in [1.807, 2.05) is 30.3 Å².